The van der Waals surface area contributed by atoms with Crippen LogP contribution in [0.5, 0.6) is 0 Å². The van der Waals surface area contributed by atoms with Crippen molar-refractivity contribution in [3.8, 4) is 0 Å². The van der Waals surface area contributed by atoms with E-state index >= 15 is 0 Å². The van der Waals surface area contributed by atoms with Crippen LogP contribution in [0.3, 0.4) is 0 Å². The van der Waals surface area contributed by atoms with Crippen molar-refractivity contribution in [1.82, 2.24) is 0 Å². The number of rotatable bonds is 3. The van der Waals surface area contributed by atoms with Crippen molar-refractivity contribution in [3.63, 3.8) is 0 Å². The SMILES string of the molecule is O=C1C(=O)N(c2cccc3ccccc23)C(c2ccco2)/C1=C(/O)c1ccc2ccccc2c1. The predicted molar refractivity (Wildman–Crippen MR) is 131 cm³/mol. The Balaban J connectivity index is 1.59. The molecule has 6 rings (SSSR count). The molecule has 0 saturated carbocycles. The molecule has 34 heavy (non-hydrogen) atoms. The number of aliphatic hydroxyl groups excluding tert-OH is 1. The van der Waals surface area contributed by atoms with E-state index in [2.05, 4.69) is 0 Å². The lowest BCUT2D eigenvalue weighted by atomic mass is 9.97. The second-order valence-corrected chi connectivity index (χ2v) is 8.24. The van der Waals surface area contributed by atoms with Crippen molar-refractivity contribution in [2.24, 2.45) is 0 Å². The molecule has 1 saturated heterocycles. The number of hydrogen-bond donors (Lipinski definition) is 1. The second kappa shape index (κ2) is 7.74. The first-order valence-corrected chi connectivity index (χ1v) is 10.9. The third-order valence-electron chi connectivity index (χ3n) is 6.31. The van der Waals surface area contributed by atoms with Gasteiger partial charge in [-0.2, -0.15) is 0 Å². The normalized spacial score (nSPS) is 17.6. The number of fused-ring (bicyclic) bond motifs is 2. The number of carbonyl (C=O) groups is 2. The molecule has 1 aliphatic rings. The lowest BCUT2D eigenvalue weighted by molar-refractivity contribution is -0.132. The van der Waals surface area contributed by atoms with Crippen LogP contribution in [0.2, 0.25) is 0 Å². The molecule has 0 radical (unpaired) electrons. The van der Waals surface area contributed by atoms with Crippen LogP contribution in [0.15, 0.2) is 113 Å². The summed E-state index contributed by atoms with van der Waals surface area (Å²) in [7, 11) is 0. The molecule has 2 heterocycles. The summed E-state index contributed by atoms with van der Waals surface area (Å²) in [6.07, 6.45) is 1.49. The number of benzene rings is 4. The smallest absolute Gasteiger partial charge is 0.300 e. The number of carbonyl (C=O) groups excluding carboxylic acids is 2. The number of nitrogens with zero attached hydrogens (tertiary/aromatic N) is 1. The molecule has 1 aliphatic heterocycles. The van der Waals surface area contributed by atoms with E-state index < -0.39 is 17.7 Å². The zero-order chi connectivity index (χ0) is 23.2. The van der Waals surface area contributed by atoms with Crippen LogP contribution >= 0.6 is 0 Å². The third-order valence-corrected chi connectivity index (χ3v) is 6.31. The first-order chi connectivity index (χ1) is 16.6. The molecule has 164 valence electrons. The highest BCUT2D eigenvalue weighted by Crippen LogP contribution is 2.44. The first kappa shape index (κ1) is 20.0. The molecule has 0 bridgehead atoms. The highest BCUT2D eigenvalue weighted by atomic mass is 16.3. The molecule has 1 N–H and O–H groups in total. The van der Waals surface area contributed by atoms with Gasteiger partial charge in [-0.1, -0.05) is 72.8 Å². The van der Waals surface area contributed by atoms with Crippen molar-refractivity contribution < 1.29 is 19.1 Å². The van der Waals surface area contributed by atoms with Gasteiger partial charge in [0.15, 0.2) is 0 Å². The molecular weight excluding hydrogens is 426 g/mol. The van der Waals surface area contributed by atoms with Crippen LogP contribution < -0.4 is 4.90 Å². The number of ketones is 1. The van der Waals surface area contributed by atoms with Gasteiger partial charge in [0.2, 0.25) is 0 Å². The van der Waals surface area contributed by atoms with Crippen LogP contribution in [-0.2, 0) is 9.59 Å². The zero-order valence-corrected chi connectivity index (χ0v) is 18.0. The van der Waals surface area contributed by atoms with E-state index in [1.165, 1.54) is 11.2 Å². The summed E-state index contributed by atoms with van der Waals surface area (Å²) >= 11 is 0. The summed E-state index contributed by atoms with van der Waals surface area (Å²) < 4.78 is 5.67. The Morgan fingerprint density at radius 2 is 1.50 bits per heavy atom. The average molecular weight is 445 g/mol. The van der Waals surface area contributed by atoms with Gasteiger partial charge in [-0.25, -0.2) is 0 Å². The monoisotopic (exact) mass is 445 g/mol. The number of hydrogen-bond acceptors (Lipinski definition) is 4. The van der Waals surface area contributed by atoms with Gasteiger partial charge in [-0.15, -0.1) is 0 Å². The Labute approximate surface area is 195 Å². The molecule has 1 atom stereocenters. The number of Topliss-reactive ketones (excluding diaryl/α,β-unsaturated/α-hetero) is 1. The molecule has 0 spiro atoms. The summed E-state index contributed by atoms with van der Waals surface area (Å²) in [5, 5.41) is 15.1. The minimum Gasteiger partial charge on any atom is -0.507 e. The summed E-state index contributed by atoms with van der Waals surface area (Å²) in [6.45, 7) is 0. The summed E-state index contributed by atoms with van der Waals surface area (Å²) in [6, 6.07) is 29.0. The van der Waals surface area contributed by atoms with Gasteiger partial charge in [0.1, 0.15) is 17.6 Å². The van der Waals surface area contributed by atoms with Crippen LogP contribution in [-0.4, -0.2) is 16.8 Å². The summed E-state index contributed by atoms with van der Waals surface area (Å²) in [5.74, 6) is -1.29. The molecule has 1 aromatic heterocycles. The van der Waals surface area contributed by atoms with E-state index in [0.717, 1.165) is 21.5 Å². The van der Waals surface area contributed by atoms with Crippen LogP contribution in [0.25, 0.3) is 27.3 Å². The Hall–Kier alpha value is -4.64. The molecule has 4 aromatic carbocycles. The van der Waals surface area contributed by atoms with E-state index in [-0.39, 0.29) is 11.3 Å². The van der Waals surface area contributed by atoms with Crippen molar-refractivity contribution in [2.75, 3.05) is 4.90 Å². The Kier molecular flexibility index (Phi) is 4.56. The Morgan fingerprint density at radius 3 is 2.29 bits per heavy atom. The molecular formula is C29H19NO4. The largest absolute Gasteiger partial charge is 0.507 e. The Morgan fingerprint density at radius 1 is 0.765 bits per heavy atom. The predicted octanol–water partition coefficient (Wildman–Crippen LogP) is 6.21. The maximum absolute atomic E-state index is 13.4. The van der Waals surface area contributed by atoms with Crippen LogP contribution in [0.4, 0.5) is 5.69 Å². The van der Waals surface area contributed by atoms with Crippen LogP contribution in [0.1, 0.15) is 17.4 Å². The first-order valence-electron chi connectivity index (χ1n) is 10.9. The summed E-state index contributed by atoms with van der Waals surface area (Å²) in [5.41, 5.74) is 1.05. The van der Waals surface area contributed by atoms with Crippen molar-refractivity contribution in [2.45, 2.75) is 6.04 Å². The van der Waals surface area contributed by atoms with Crippen molar-refractivity contribution in [1.29, 1.82) is 0 Å². The number of furan rings is 1. The zero-order valence-electron chi connectivity index (χ0n) is 18.0. The highest BCUT2D eigenvalue weighted by molar-refractivity contribution is 6.52. The van der Waals surface area contributed by atoms with E-state index in [0.29, 0.717) is 17.0 Å². The molecule has 5 heteroatoms. The number of amides is 1. The lowest BCUT2D eigenvalue weighted by Crippen LogP contribution is -2.29. The second-order valence-electron chi connectivity index (χ2n) is 8.24. The fourth-order valence-electron chi connectivity index (χ4n) is 4.71. The molecule has 0 aliphatic carbocycles. The Bertz CT molecular complexity index is 1610. The van der Waals surface area contributed by atoms with Gasteiger partial charge >= 0.3 is 0 Å². The van der Waals surface area contributed by atoms with Crippen molar-refractivity contribution >= 4 is 44.7 Å². The molecule has 1 amide bonds. The van der Waals surface area contributed by atoms with E-state index in [9.17, 15) is 14.7 Å². The molecule has 1 unspecified atom stereocenters. The van der Waals surface area contributed by atoms with Gasteiger partial charge in [0.05, 0.1) is 17.5 Å². The maximum atomic E-state index is 13.4. The van der Waals surface area contributed by atoms with Gasteiger partial charge < -0.3 is 9.52 Å². The molecule has 1 fully saturated rings. The fraction of sp³-hybridized carbons (Fsp3) is 0.0345. The third kappa shape index (κ3) is 3.02. The highest BCUT2D eigenvalue weighted by Gasteiger charge is 2.48. The standard InChI is InChI=1S/C29H19NO4/c31-27(21-15-14-18-7-1-2-9-20(18)17-21)25-26(24-13-6-16-34-24)30(29(33)28(25)32)23-12-5-10-19-8-3-4-11-22(19)23/h1-17,26,31H/b27-25-. The van der Waals surface area contributed by atoms with Gasteiger partial charge in [0.25, 0.3) is 11.7 Å². The van der Waals surface area contributed by atoms with E-state index in [1.54, 1.807) is 24.3 Å². The lowest BCUT2D eigenvalue weighted by Gasteiger charge is -2.24. The minimum absolute atomic E-state index is 0.00293. The van der Waals surface area contributed by atoms with E-state index in [4.69, 9.17) is 4.42 Å². The minimum atomic E-state index is -0.896. The quantitative estimate of drug-likeness (QED) is 0.204. The number of anilines is 1. The topological polar surface area (TPSA) is 70.8 Å². The van der Waals surface area contributed by atoms with Gasteiger partial charge in [0, 0.05) is 10.9 Å². The van der Waals surface area contributed by atoms with Crippen LogP contribution in [0, 0.1) is 0 Å². The average Bonchev–Trinajstić information content (AvgIpc) is 3.50. The fourth-order valence-corrected chi connectivity index (χ4v) is 4.71. The van der Waals surface area contributed by atoms with Crippen molar-refractivity contribution in [3.05, 3.63) is 120 Å². The van der Waals surface area contributed by atoms with Gasteiger partial charge in [-0.3, -0.25) is 14.5 Å². The maximum Gasteiger partial charge on any atom is 0.300 e. The molecule has 5 aromatic rings. The van der Waals surface area contributed by atoms with Gasteiger partial charge in [-0.05, 0) is 40.4 Å². The molecule has 5 nitrogen and oxygen atoms in total. The summed E-state index contributed by atoms with van der Waals surface area (Å²) in [4.78, 5) is 28.2. The number of aliphatic hydroxyl groups is 1. The van der Waals surface area contributed by atoms with E-state index in [1.807, 2.05) is 72.8 Å².